The fraction of sp³-hybridized carbons (Fsp3) is 0. The van der Waals surface area contributed by atoms with Crippen molar-refractivity contribution in [3.63, 3.8) is 0 Å². The normalized spacial score (nSPS) is 11.6. The predicted molar refractivity (Wildman–Crippen MR) is 185 cm³/mol. The van der Waals surface area contributed by atoms with Crippen LogP contribution in [0, 0.1) is 0 Å². The maximum absolute atomic E-state index is 5.15. The van der Waals surface area contributed by atoms with Crippen molar-refractivity contribution in [2.45, 2.75) is 0 Å². The quantitative estimate of drug-likeness (QED) is 0.202. The Bertz CT molecular complexity index is 2310. The number of aromatic nitrogens is 4. The zero-order valence-electron chi connectivity index (χ0n) is 23.3. The first-order valence-corrected chi connectivity index (χ1v) is 16.0. The third-order valence-electron chi connectivity index (χ3n) is 7.97. The Morgan fingerprint density at radius 3 is 1.16 bits per heavy atom. The van der Waals surface area contributed by atoms with Gasteiger partial charge >= 0.3 is 0 Å². The molecule has 0 radical (unpaired) electrons. The van der Waals surface area contributed by atoms with E-state index in [0.29, 0.717) is 11.6 Å². The van der Waals surface area contributed by atoms with Gasteiger partial charge in [-0.2, -0.15) is 0 Å². The van der Waals surface area contributed by atoms with E-state index in [1.54, 1.807) is 22.7 Å². The largest absolute Gasteiger partial charge is 0.227 e. The van der Waals surface area contributed by atoms with Gasteiger partial charge in [0.05, 0.1) is 11.4 Å². The Hall–Kier alpha value is -5.30. The molecule has 4 aromatic heterocycles. The summed E-state index contributed by atoms with van der Waals surface area (Å²) in [6.07, 6.45) is 0. The van der Waals surface area contributed by atoms with Crippen LogP contribution in [0.5, 0.6) is 0 Å². The molecule has 0 saturated carbocycles. The number of hydrogen-bond donors (Lipinski definition) is 0. The third-order valence-corrected chi connectivity index (χ3v) is 10.1. The first-order valence-electron chi connectivity index (χ1n) is 14.4. The molecule has 0 spiro atoms. The van der Waals surface area contributed by atoms with Gasteiger partial charge in [-0.05, 0) is 12.1 Å². The van der Waals surface area contributed by atoms with Crippen LogP contribution in [0.3, 0.4) is 0 Å². The maximum atomic E-state index is 5.15. The van der Waals surface area contributed by atoms with Gasteiger partial charge in [0, 0.05) is 53.2 Å². The number of benzene rings is 5. The van der Waals surface area contributed by atoms with E-state index < -0.39 is 0 Å². The molecule has 6 heteroatoms. The van der Waals surface area contributed by atoms with Crippen LogP contribution < -0.4 is 0 Å². The van der Waals surface area contributed by atoms with E-state index in [1.807, 2.05) is 12.1 Å². The van der Waals surface area contributed by atoms with E-state index in [4.69, 9.17) is 19.9 Å². The second-order valence-electron chi connectivity index (χ2n) is 10.7. The summed E-state index contributed by atoms with van der Waals surface area (Å²) in [4.78, 5) is 22.4. The highest BCUT2D eigenvalue weighted by Gasteiger charge is 2.18. The molecule has 206 valence electrons. The van der Waals surface area contributed by atoms with Crippen molar-refractivity contribution in [3.05, 3.63) is 133 Å². The summed E-state index contributed by atoms with van der Waals surface area (Å²) in [6.45, 7) is 0. The molecule has 0 saturated heterocycles. The van der Waals surface area contributed by atoms with Crippen molar-refractivity contribution in [2.75, 3.05) is 0 Å². The smallest absolute Gasteiger partial charge is 0.161 e. The molecule has 0 amide bonds. The third kappa shape index (κ3) is 4.11. The first-order chi connectivity index (χ1) is 21.8. The van der Waals surface area contributed by atoms with E-state index in [-0.39, 0.29) is 0 Å². The van der Waals surface area contributed by atoms with Gasteiger partial charge in [-0.25, -0.2) is 19.9 Å². The summed E-state index contributed by atoms with van der Waals surface area (Å²) in [7, 11) is 0. The lowest BCUT2D eigenvalue weighted by Crippen LogP contribution is -1.95. The molecule has 9 rings (SSSR count). The van der Waals surface area contributed by atoms with Crippen molar-refractivity contribution in [1.82, 2.24) is 19.9 Å². The van der Waals surface area contributed by atoms with Crippen LogP contribution in [0.2, 0.25) is 0 Å². The number of rotatable bonds is 4. The van der Waals surface area contributed by atoms with Gasteiger partial charge in [-0.3, -0.25) is 0 Å². The molecular formula is C38H22N4S2. The molecule has 4 heterocycles. The summed E-state index contributed by atoms with van der Waals surface area (Å²) < 4.78 is 2.42. The fourth-order valence-corrected chi connectivity index (χ4v) is 8.03. The average molecular weight is 599 g/mol. The van der Waals surface area contributed by atoms with Crippen LogP contribution in [-0.2, 0) is 0 Å². The minimum absolute atomic E-state index is 0.709. The molecule has 0 unspecified atom stereocenters. The number of fused-ring (bicyclic) bond motifs is 6. The fourth-order valence-electron chi connectivity index (χ4n) is 5.88. The zero-order valence-corrected chi connectivity index (χ0v) is 24.9. The Morgan fingerprint density at radius 2 is 0.727 bits per heavy atom. The van der Waals surface area contributed by atoms with Gasteiger partial charge in [0.25, 0.3) is 0 Å². The molecule has 0 atom stereocenters. The first kappa shape index (κ1) is 25.2. The summed E-state index contributed by atoms with van der Waals surface area (Å²) in [5, 5.41) is 4.60. The average Bonchev–Trinajstić information content (AvgIpc) is 3.67. The minimum Gasteiger partial charge on any atom is -0.227 e. The molecule has 4 nitrogen and oxygen atoms in total. The van der Waals surface area contributed by atoms with Gasteiger partial charge in [0.1, 0.15) is 9.66 Å². The number of hydrogen-bond acceptors (Lipinski definition) is 6. The van der Waals surface area contributed by atoms with Crippen LogP contribution in [0.25, 0.3) is 85.9 Å². The summed E-state index contributed by atoms with van der Waals surface area (Å²) in [6, 6.07) is 46.1. The lowest BCUT2D eigenvalue weighted by molar-refractivity contribution is 1.23. The van der Waals surface area contributed by atoms with Crippen molar-refractivity contribution in [1.29, 1.82) is 0 Å². The molecule has 5 aromatic carbocycles. The Labute approximate surface area is 261 Å². The number of thiophene rings is 2. The van der Waals surface area contributed by atoms with Crippen LogP contribution in [0.4, 0.5) is 0 Å². The lowest BCUT2D eigenvalue weighted by atomic mass is 10.0. The summed E-state index contributed by atoms with van der Waals surface area (Å²) >= 11 is 3.42. The van der Waals surface area contributed by atoms with Crippen molar-refractivity contribution in [2.24, 2.45) is 0 Å². The molecule has 9 aromatic rings. The highest BCUT2D eigenvalue weighted by molar-refractivity contribution is 7.26. The topological polar surface area (TPSA) is 51.6 Å². The predicted octanol–water partition coefficient (Wildman–Crippen LogP) is 10.7. The Balaban J connectivity index is 1.19. The monoisotopic (exact) mass is 598 g/mol. The molecule has 0 bridgehead atoms. The van der Waals surface area contributed by atoms with E-state index >= 15 is 0 Å². The SMILES string of the molecule is c1ccc(-c2nc(-c3ccc(-c4nc(-c5ccccc5)c5c(n4)sc4ccccc45)cc3)nc3sc4ccccc4c23)cc1. The van der Waals surface area contributed by atoms with Gasteiger partial charge in [0.2, 0.25) is 0 Å². The van der Waals surface area contributed by atoms with Gasteiger partial charge in [-0.15, -0.1) is 22.7 Å². The Kier molecular flexibility index (Phi) is 5.82. The molecule has 44 heavy (non-hydrogen) atoms. The van der Waals surface area contributed by atoms with Crippen molar-refractivity contribution in [3.8, 4) is 45.3 Å². The second-order valence-corrected chi connectivity index (χ2v) is 12.7. The molecular weight excluding hydrogens is 577 g/mol. The minimum atomic E-state index is 0.709. The van der Waals surface area contributed by atoms with E-state index in [9.17, 15) is 0 Å². The Morgan fingerprint density at radius 1 is 0.341 bits per heavy atom. The van der Waals surface area contributed by atoms with Crippen LogP contribution >= 0.6 is 22.7 Å². The van der Waals surface area contributed by atoms with E-state index in [2.05, 4.69) is 121 Å². The van der Waals surface area contributed by atoms with Crippen molar-refractivity contribution < 1.29 is 0 Å². The molecule has 0 aliphatic rings. The van der Waals surface area contributed by atoms with Gasteiger partial charge in [-0.1, -0.05) is 121 Å². The summed E-state index contributed by atoms with van der Waals surface area (Å²) in [5.41, 5.74) is 5.99. The molecule has 0 aliphatic carbocycles. The van der Waals surface area contributed by atoms with E-state index in [0.717, 1.165) is 54.1 Å². The second kappa shape index (κ2) is 10.2. The number of nitrogens with zero attached hydrogens (tertiary/aromatic N) is 4. The van der Waals surface area contributed by atoms with Gasteiger partial charge < -0.3 is 0 Å². The van der Waals surface area contributed by atoms with Crippen LogP contribution in [0.1, 0.15) is 0 Å². The van der Waals surface area contributed by atoms with Gasteiger partial charge in [0.15, 0.2) is 11.6 Å². The molecule has 0 N–H and O–H groups in total. The van der Waals surface area contributed by atoms with E-state index in [1.165, 1.54) is 20.2 Å². The molecule has 0 aliphatic heterocycles. The highest BCUT2D eigenvalue weighted by atomic mass is 32.1. The maximum Gasteiger partial charge on any atom is 0.161 e. The van der Waals surface area contributed by atoms with Crippen LogP contribution in [-0.4, -0.2) is 19.9 Å². The highest BCUT2D eigenvalue weighted by Crippen LogP contribution is 2.41. The lowest BCUT2D eigenvalue weighted by Gasteiger charge is -2.09. The summed E-state index contributed by atoms with van der Waals surface area (Å²) in [5.74, 6) is 1.42. The van der Waals surface area contributed by atoms with Crippen LogP contribution in [0.15, 0.2) is 133 Å². The standard InChI is InChI=1S/C38H22N4S2/c1-3-11-23(12-4-1)33-31-27-15-7-9-17-29(27)43-37(31)41-35(39-33)25-19-21-26(22-20-25)36-40-34(24-13-5-2-6-14-24)32-28-16-8-10-18-30(28)44-38(32)42-36/h1-22H. The van der Waals surface area contributed by atoms with Crippen molar-refractivity contribution >= 4 is 63.3 Å². The molecule has 0 fully saturated rings. The zero-order chi connectivity index (χ0) is 29.0.